The van der Waals surface area contributed by atoms with Gasteiger partial charge in [-0.05, 0) is 17.7 Å². The van der Waals surface area contributed by atoms with Gasteiger partial charge in [0.25, 0.3) is 0 Å². The molecule has 6 heteroatoms. The Balaban J connectivity index is 2.39. The van der Waals surface area contributed by atoms with Crippen LogP contribution in [-0.4, -0.2) is 19.2 Å². The van der Waals surface area contributed by atoms with Gasteiger partial charge >= 0.3 is 0 Å². The zero-order valence-corrected chi connectivity index (χ0v) is 12.5. The smallest absolute Gasteiger partial charge is 0.220 e. The van der Waals surface area contributed by atoms with Gasteiger partial charge in [0, 0.05) is 18.1 Å². The highest BCUT2D eigenvalue weighted by Crippen LogP contribution is 2.39. The van der Waals surface area contributed by atoms with Crippen molar-refractivity contribution in [2.45, 2.75) is 5.88 Å². The summed E-state index contributed by atoms with van der Waals surface area (Å²) >= 11 is 11.8. The second-order valence-corrected chi connectivity index (χ2v) is 4.52. The lowest BCUT2D eigenvalue weighted by Gasteiger charge is -2.13. The molecule has 1 aromatic heterocycles. The van der Waals surface area contributed by atoms with E-state index in [9.17, 15) is 0 Å². The van der Waals surface area contributed by atoms with Crippen LogP contribution in [0.25, 0.3) is 0 Å². The standard InChI is InChI=1S/C14H13Cl2NO3/c1-18-11-4-3-5-12(19-2)14(11)20-13-6-9(7-15)10(16)8-17-13/h3-6,8H,7H2,1-2H3. The van der Waals surface area contributed by atoms with Gasteiger partial charge in [0.05, 0.1) is 19.2 Å². The van der Waals surface area contributed by atoms with Gasteiger partial charge < -0.3 is 14.2 Å². The molecule has 0 amide bonds. The van der Waals surface area contributed by atoms with Crippen molar-refractivity contribution in [3.8, 4) is 23.1 Å². The fourth-order valence-electron chi connectivity index (χ4n) is 1.64. The second kappa shape index (κ2) is 6.68. The van der Waals surface area contributed by atoms with Crippen LogP contribution >= 0.6 is 23.2 Å². The third-order valence-corrected chi connectivity index (χ3v) is 3.27. The minimum atomic E-state index is 0.279. The number of ether oxygens (including phenoxy) is 3. The van der Waals surface area contributed by atoms with E-state index in [1.165, 1.54) is 6.20 Å². The van der Waals surface area contributed by atoms with E-state index in [4.69, 9.17) is 37.4 Å². The lowest BCUT2D eigenvalue weighted by molar-refractivity contribution is 0.342. The molecule has 0 aliphatic heterocycles. The van der Waals surface area contributed by atoms with Crippen molar-refractivity contribution in [1.29, 1.82) is 0 Å². The highest BCUT2D eigenvalue weighted by molar-refractivity contribution is 6.32. The normalized spacial score (nSPS) is 10.2. The zero-order valence-electron chi connectivity index (χ0n) is 11.0. The maximum Gasteiger partial charge on any atom is 0.220 e. The Morgan fingerprint density at radius 1 is 1.15 bits per heavy atom. The molecule has 0 atom stereocenters. The van der Waals surface area contributed by atoms with Crippen molar-refractivity contribution >= 4 is 23.2 Å². The number of aromatic nitrogens is 1. The van der Waals surface area contributed by atoms with Crippen LogP contribution in [-0.2, 0) is 5.88 Å². The van der Waals surface area contributed by atoms with Gasteiger partial charge in [-0.2, -0.15) is 0 Å². The Labute approximate surface area is 127 Å². The molecule has 20 heavy (non-hydrogen) atoms. The molecule has 0 radical (unpaired) electrons. The highest BCUT2D eigenvalue weighted by atomic mass is 35.5. The van der Waals surface area contributed by atoms with E-state index in [0.29, 0.717) is 28.2 Å². The fourth-order valence-corrected chi connectivity index (χ4v) is 2.10. The summed E-state index contributed by atoms with van der Waals surface area (Å²) in [6.07, 6.45) is 1.50. The summed E-state index contributed by atoms with van der Waals surface area (Å²) in [7, 11) is 3.11. The first-order chi connectivity index (χ1) is 9.69. The minimum Gasteiger partial charge on any atom is -0.493 e. The van der Waals surface area contributed by atoms with Crippen molar-refractivity contribution in [1.82, 2.24) is 4.98 Å². The quantitative estimate of drug-likeness (QED) is 0.772. The number of nitrogens with zero attached hydrogens (tertiary/aromatic N) is 1. The number of hydrogen-bond acceptors (Lipinski definition) is 4. The van der Waals surface area contributed by atoms with E-state index in [2.05, 4.69) is 4.98 Å². The average molecular weight is 314 g/mol. The fraction of sp³-hybridized carbons (Fsp3) is 0.214. The zero-order chi connectivity index (χ0) is 14.5. The van der Waals surface area contributed by atoms with Gasteiger partial charge in [0.1, 0.15) is 0 Å². The van der Waals surface area contributed by atoms with Crippen molar-refractivity contribution in [2.24, 2.45) is 0 Å². The van der Waals surface area contributed by atoms with Crippen LogP contribution in [0.3, 0.4) is 0 Å². The number of methoxy groups -OCH3 is 2. The molecule has 0 aliphatic carbocycles. The van der Waals surface area contributed by atoms with Crippen molar-refractivity contribution in [3.05, 3.63) is 41.0 Å². The Morgan fingerprint density at radius 3 is 2.35 bits per heavy atom. The number of para-hydroxylation sites is 1. The molecular weight excluding hydrogens is 301 g/mol. The third kappa shape index (κ3) is 3.08. The average Bonchev–Trinajstić information content (AvgIpc) is 2.49. The van der Waals surface area contributed by atoms with Crippen LogP contribution in [0.1, 0.15) is 5.56 Å². The topological polar surface area (TPSA) is 40.6 Å². The first-order valence-corrected chi connectivity index (χ1v) is 6.70. The summed E-state index contributed by atoms with van der Waals surface area (Å²) in [5.41, 5.74) is 0.743. The monoisotopic (exact) mass is 313 g/mol. The first-order valence-electron chi connectivity index (χ1n) is 5.78. The summed E-state index contributed by atoms with van der Waals surface area (Å²) in [4.78, 5) is 4.11. The predicted octanol–water partition coefficient (Wildman–Crippen LogP) is 4.28. The molecule has 1 heterocycles. The summed E-state index contributed by atoms with van der Waals surface area (Å²) < 4.78 is 16.3. The number of rotatable bonds is 5. The van der Waals surface area contributed by atoms with Crippen LogP contribution in [0.4, 0.5) is 0 Å². The lowest BCUT2D eigenvalue weighted by atomic mass is 10.3. The largest absolute Gasteiger partial charge is 0.493 e. The van der Waals surface area contributed by atoms with Gasteiger partial charge in [-0.1, -0.05) is 17.7 Å². The summed E-state index contributed by atoms with van der Waals surface area (Å²) in [5, 5.41) is 0.499. The summed E-state index contributed by atoms with van der Waals surface area (Å²) in [6, 6.07) is 7.04. The van der Waals surface area contributed by atoms with E-state index in [1.54, 1.807) is 32.4 Å². The molecule has 0 saturated heterocycles. The molecule has 0 bridgehead atoms. The Hall–Kier alpha value is -1.65. The molecule has 106 valence electrons. The number of halogens is 2. The van der Waals surface area contributed by atoms with Gasteiger partial charge in [0.15, 0.2) is 11.5 Å². The number of hydrogen-bond donors (Lipinski definition) is 0. The number of benzene rings is 1. The Kier molecular flexibility index (Phi) is 4.93. The molecule has 0 N–H and O–H groups in total. The van der Waals surface area contributed by atoms with Crippen molar-refractivity contribution < 1.29 is 14.2 Å². The lowest BCUT2D eigenvalue weighted by Crippen LogP contribution is -1.96. The molecule has 0 saturated carbocycles. The highest BCUT2D eigenvalue weighted by Gasteiger charge is 2.14. The second-order valence-electron chi connectivity index (χ2n) is 3.84. The Bertz CT molecular complexity index is 583. The maximum atomic E-state index is 5.96. The molecule has 2 aromatic rings. The first kappa shape index (κ1) is 14.8. The third-order valence-electron chi connectivity index (χ3n) is 2.64. The van der Waals surface area contributed by atoms with E-state index < -0.39 is 0 Å². The summed E-state index contributed by atoms with van der Waals surface area (Å²) in [6.45, 7) is 0. The van der Waals surface area contributed by atoms with E-state index in [0.717, 1.165) is 5.56 Å². The molecule has 2 rings (SSSR count). The van der Waals surface area contributed by atoms with Crippen LogP contribution in [0.15, 0.2) is 30.5 Å². The molecule has 0 fully saturated rings. The van der Waals surface area contributed by atoms with Crippen LogP contribution in [0.2, 0.25) is 5.02 Å². The molecule has 0 spiro atoms. The molecule has 0 unspecified atom stereocenters. The van der Waals surface area contributed by atoms with Gasteiger partial charge in [-0.25, -0.2) is 4.98 Å². The van der Waals surface area contributed by atoms with E-state index >= 15 is 0 Å². The van der Waals surface area contributed by atoms with Crippen LogP contribution in [0, 0.1) is 0 Å². The van der Waals surface area contributed by atoms with Crippen LogP contribution in [0.5, 0.6) is 23.1 Å². The van der Waals surface area contributed by atoms with Crippen molar-refractivity contribution in [2.75, 3.05) is 14.2 Å². The summed E-state index contributed by atoms with van der Waals surface area (Å²) in [5.74, 6) is 2.20. The molecule has 4 nitrogen and oxygen atoms in total. The van der Waals surface area contributed by atoms with Crippen LogP contribution < -0.4 is 14.2 Å². The maximum absolute atomic E-state index is 5.96. The predicted molar refractivity (Wildman–Crippen MR) is 78.4 cm³/mol. The van der Waals surface area contributed by atoms with Crippen molar-refractivity contribution in [3.63, 3.8) is 0 Å². The molecule has 1 aromatic carbocycles. The van der Waals surface area contributed by atoms with E-state index in [1.807, 2.05) is 6.07 Å². The van der Waals surface area contributed by atoms with Gasteiger partial charge in [-0.15, -0.1) is 11.6 Å². The Morgan fingerprint density at radius 2 is 1.80 bits per heavy atom. The number of alkyl halides is 1. The van der Waals surface area contributed by atoms with Gasteiger partial charge in [-0.3, -0.25) is 0 Å². The molecule has 0 aliphatic rings. The molecular formula is C14H13Cl2NO3. The van der Waals surface area contributed by atoms with E-state index in [-0.39, 0.29) is 5.88 Å². The SMILES string of the molecule is COc1cccc(OC)c1Oc1cc(CCl)c(Cl)cn1. The minimum absolute atomic E-state index is 0.279. The van der Waals surface area contributed by atoms with Gasteiger partial charge in [0.2, 0.25) is 11.6 Å². The number of pyridine rings is 1.